The monoisotopic (exact) mass is 744 g/mol. The third kappa shape index (κ3) is 8.26. The summed E-state index contributed by atoms with van der Waals surface area (Å²) in [6.45, 7) is 14.3. The van der Waals surface area contributed by atoms with Crippen molar-refractivity contribution in [3.8, 4) is 21.7 Å². The lowest BCUT2D eigenvalue weighted by Gasteiger charge is -2.30. The summed E-state index contributed by atoms with van der Waals surface area (Å²) >= 11 is 3.14. The Hall–Kier alpha value is -4.07. The average molecular weight is 745 g/mol. The van der Waals surface area contributed by atoms with Crippen LogP contribution in [-0.4, -0.2) is 81.3 Å². The van der Waals surface area contributed by atoms with Crippen LogP contribution in [-0.2, 0) is 27.2 Å². The summed E-state index contributed by atoms with van der Waals surface area (Å²) in [5.41, 5.74) is 4.05. The Kier molecular flexibility index (Phi) is 10.0. The topological polar surface area (TPSA) is 126 Å². The van der Waals surface area contributed by atoms with Gasteiger partial charge < -0.3 is 29.9 Å². The third-order valence-electron chi connectivity index (χ3n) is 9.76. The highest BCUT2D eigenvalue weighted by atomic mass is 32.1. The number of thiazole rings is 1. The SMILES string of the molecule is CC(C)(C)OC(=O)N1CCc2c(sc(NC(=O)CCNC3C[C@@H]4CN(C(=O)OC(C)(C)C)C[C@@H]4C3)c2-c2nc3cc(-c4ccncc4)ccc3s2)C1. The molecular weight excluding hydrogens is 697 g/mol. The Morgan fingerprint density at radius 1 is 0.885 bits per heavy atom. The van der Waals surface area contributed by atoms with Crippen LogP contribution in [0.15, 0.2) is 42.7 Å². The van der Waals surface area contributed by atoms with Crippen LogP contribution >= 0.6 is 22.7 Å². The van der Waals surface area contributed by atoms with E-state index in [0.717, 1.165) is 73.3 Å². The number of rotatable bonds is 7. The minimum absolute atomic E-state index is 0.0632. The summed E-state index contributed by atoms with van der Waals surface area (Å²) in [4.78, 5) is 53.0. The van der Waals surface area contributed by atoms with E-state index < -0.39 is 11.2 Å². The second-order valence-electron chi connectivity index (χ2n) is 16.1. The van der Waals surface area contributed by atoms with Gasteiger partial charge in [-0.1, -0.05) is 6.07 Å². The van der Waals surface area contributed by atoms with E-state index in [1.165, 1.54) is 11.3 Å². The maximum atomic E-state index is 13.5. The first-order valence-corrected chi connectivity index (χ1v) is 19.8. The number of fused-ring (bicyclic) bond motifs is 3. The number of ether oxygens (including phenoxy) is 2. The van der Waals surface area contributed by atoms with Crippen molar-refractivity contribution in [2.45, 2.75) is 91.0 Å². The van der Waals surface area contributed by atoms with Gasteiger partial charge in [0.05, 0.1) is 16.8 Å². The van der Waals surface area contributed by atoms with Gasteiger partial charge in [-0.2, -0.15) is 0 Å². The zero-order valence-corrected chi connectivity index (χ0v) is 32.4. The van der Waals surface area contributed by atoms with Gasteiger partial charge in [0.25, 0.3) is 0 Å². The number of nitrogens with zero attached hydrogens (tertiary/aromatic N) is 4. The number of aromatic nitrogens is 2. The fraction of sp³-hybridized carbons (Fsp3) is 0.513. The van der Waals surface area contributed by atoms with Crippen molar-refractivity contribution < 1.29 is 23.9 Å². The van der Waals surface area contributed by atoms with Crippen molar-refractivity contribution >= 4 is 56.0 Å². The Balaban J connectivity index is 1.04. The molecule has 276 valence electrons. The molecule has 4 aromatic rings. The molecule has 1 saturated carbocycles. The molecule has 1 aromatic carbocycles. The molecule has 13 heteroatoms. The zero-order valence-electron chi connectivity index (χ0n) is 30.8. The average Bonchev–Trinajstić information content (AvgIpc) is 3.84. The van der Waals surface area contributed by atoms with E-state index in [2.05, 4.69) is 33.8 Å². The Morgan fingerprint density at radius 2 is 1.56 bits per heavy atom. The van der Waals surface area contributed by atoms with Gasteiger partial charge in [-0.15, -0.1) is 22.7 Å². The van der Waals surface area contributed by atoms with E-state index in [9.17, 15) is 14.4 Å². The predicted octanol–water partition coefficient (Wildman–Crippen LogP) is 7.94. The summed E-state index contributed by atoms with van der Waals surface area (Å²) in [6, 6.07) is 10.6. The molecule has 7 rings (SSSR count). The fourth-order valence-corrected chi connectivity index (χ4v) is 9.85. The van der Waals surface area contributed by atoms with Crippen LogP contribution in [0.2, 0.25) is 0 Å². The molecule has 3 amide bonds. The van der Waals surface area contributed by atoms with Crippen molar-refractivity contribution in [3.63, 3.8) is 0 Å². The van der Waals surface area contributed by atoms with Crippen LogP contribution in [0.4, 0.5) is 14.6 Å². The second-order valence-corrected chi connectivity index (χ2v) is 18.3. The van der Waals surface area contributed by atoms with E-state index >= 15 is 0 Å². The van der Waals surface area contributed by atoms with Crippen LogP contribution < -0.4 is 10.6 Å². The molecule has 3 aromatic heterocycles. The van der Waals surface area contributed by atoms with E-state index in [-0.39, 0.29) is 18.1 Å². The highest BCUT2D eigenvalue weighted by Crippen LogP contribution is 2.46. The maximum absolute atomic E-state index is 13.5. The molecule has 0 spiro atoms. The Morgan fingerprint density at radius 3 is 2.23 bits per heavy atom. The number of thiophene rings is 1. The summed E-state index contributed by atoms with van der Waals surface area (Å²) < 4.78 is 12.3. The first-order valence-electron chi connectivity index (χ1n) is 18.1. The number of likely N-dealkylation sites (tertiary alicyclic amines) is 1. The number of carbonyl (C=O) groups excluding carboxylic acids is 3. The Bertz CT molecular complexity index is 1950. The molecule has 3 atom stereocenters. The normalized spacial score (nSPS) is 20.2. The smallest absolute Gasteiger partial charge is 0.410 e. The molecule has 2 aliphatic heterocycles. The highest BCUT2D eigenvalue weighted by molar-refractivity contribution is 7.23. The fourth-order valence-electron chi connectivity index (χ4n) is 7.48. The molecule has 5 heterocycles. The number of hydrogen-bond acceptors (Lipinski definition) is 10. The number of pyridine rings is 1. The lowest BCUT2D eigenvalue weighted by molar-refractivity contribution is -0.116. The van der Waals surface area contributed by atoms with Crippen molar-refractivity contribution in [2.75, 3.05) is 31.5 Å². The molecule has 2 N–H and O–H groups in total. The maximum Gasteiger partial charge on any atom is 0.410 e. The zero-order chi connectivity index (χ0) is 36.8. The largest absolute Gasteiger partial charge is 0.444 e. The van der Waals surface area contributed by atoms with Crippen LogP contribution in [0.25, 0.3) is 31.9 Å². The predicted molar refractivity (Wildman–Crippen MR) is 206 cm³/mol. The van der Waals surface area contributed by atoms with Gasteiger partial charge in [-0.05, 0) is 114 Å². The van der Waals surface area contributed by atoms with Gasteiger partial charge >= 0.3 is 12.2 Å². The number of benzene rings is 1. The van der Waals surface area contributed by atoms with Gasteiger partial charge in [-0.25, -0.2) is 14.6 Å². The molecular formula is C39H48N6O5S2. The molecule has 2 fully saturated rings. The molecule has 3 aliphatic rings. The van der Waals surface area contributed by atoms with Gasteiger partial charge in [-0.3, -0.25) is 9.78 Å². The van der Waals surface area contributed by atoms with Gasteiger partial charge in [0.1, 0.15) is 21.2 Å². The minimum atomic E-state index is -0.584. The van der Waals surface area contributed by atoms with Crippen molar-refractivity contribution in [1.29, 1.82) is 0 Å². The summed E-state index contributed by atoms with van der Waals surface area (Å²) in [7, 11) is 0. The quantitative estimate of drug-likeness (QED) is 0.195. The molecule has 1 saturated heterocycles. The van der Waals surface area contributed by atoms with Crippen LogP contribution in [0.1, 0.15) is 71.2 Å². The number of anilines is 1. The van der Waals surface area contributed by atoms with E-state index in [1.54, 1.807) is 28.6 Å². The summed E-state index contributed by atoms with van der Waals surface area (Å²) in [5, 5.41) is 8.48. The molecule has 0 bridgehead atoms. The van der Waals surface area contributed by atoms with E-state index in [4.69, 9.17) is 14.5 Å². The van der Waals surface area contributed by atoms with Crippen LogP contribution in [0, 0.1) is 11.8 Å². The van der Waals surface area contributed by atoms with E-state index in [0.29, 0.717) is 50.4 Å². The van der Waals surface area contributed by atoms with Crippen molar-refractivity contribution in [1.82, 2.24) is 25.1 Å². The first-order chi connectivity index (χ1) is 24.7. The molecule has 1 aliphatic carbocycles. The lowest BCUT2D eigenvalue weighted by Crippen LogP contribution is -2.39. The van der Waals surface area contributed by atoms with Gasteiger partial charge in [0.2, 0.25) is 5.91 Å². The number of carbonyl (C=O) groups is 3. The van der Waals surface area contributed by atoms with E-state index in [1.807, 2.05) is 58.6 Å². The second kappa shape index (κ2) is 14.4. The molecule has 1 unspecified atom stereocenters. The third-order valence-corrected chi connectivity index (χ3v) is 12.0. The first kappa shape index (κ1) is 36.3. The number of nitrogens with one attached hydrogen (secondary N) is 2. The summed E-state index contributed by atoms with van der Waals surface area (Å²) in [6.07, 6.45) is 5.97. The standard InChI is InChI=1S/C39H48N6O5S2/c1-38(2,3)49-36(47)44-16-12-28-31(22-44)52-35(33(28)34-42-29-19-24(7-8-30(29)51-34)23-9-13-40-14-10-23)43-32(46)11-15-41-27-17-25-20-45(21-26(25)18-27)37(48)50-39(4,5)6/h7-10,13-14,19,25-27,41H,11-12,15-18,20-22H2,1-6H3,(H,43,46)/t25-,26+,27?. The van der Waals surface area contributed by atoms with Gasteiger partial charge in [0.15, 0.2) is 0 Å². The molecule has 0 radical (unpaired) electrons. The minimum Gasteiger partial charge on any atom is -0.444 e. The number of amides is 3. The van der Waals surface area contributed by atoms with Crippen molar-refractivity contribution in [3.05, 3.63) is 53.2 Å². The Labute approximate surface area is 313 Å². The molecule has 11 nitrogen and oxygen atoms in total. The van der Waals surface area contributed by atoms with Crippen molar-refractivity contribution in [2.24, 2.45) is 11.8 Å². The summed E-state index contributed by atoms with van der Waals surface area (Å²) in [5.74, 6) is 0.842. The molecule has 52 heavy (non-hydrogen) atoms. The van der Waals surface area contributed by atoms with Crippen LogP contribution in [0.5, 0.6) is 0 Å². The van der Waals surface area contributed by atoms with Gasteiger partial charge in [0, 0.05) is 61.5 Å². The number of hydrogen-bond donors (Lipinski definition) is 2. The lowest BCUT2D eigenvalue weighted by atomic mass is 10.0. The highest BCUT2D eigenvalue weighted by Gasteiger charge is 2.43. The van der Waals surface area contributed by atoms with Crippen LogP contribution in [0.3, 0.4) is 0 Å².